The molecule has 4 heteroatoms. The van der Waals surface area contributed by atoms with Crippen molar-refractivity contribution in [3.63, 3.8) is 0 Å². The largest absolute Gasteiger partial charge is 0.362 e. The van der Waals surface area contributed by atoms with Gasteiger partial charge in [-0.05, 0) is 6.92 Å². The van der Waals surface area contributed by atoms with E-state index in [2.05, 4.69) is 4.74 Å². The van der Waals surface area contributed by atoms with Gasteiger partial charge in [-0.25, -0.2) is 0 Å². The maximum absolute atomic E-state index is 10.8. The molecule has 0 heterocycles. The van der Waals surface area contributed by atoms with E-state index in [0.29, 0.717) is 12.6 Å². The van der Waals surface area contributed by atoms with Crippen LogP contribution in [0.4, 0.5) is 0 Å². The third kappa shape index (κ3) is 1.94. The number of ether oxygens (including phenoxy) is 1. The third-order valence-corrected chi connectivity index (χ3v) is 1.54. The van der Waals surface area contributed by atoms with Crippen LogP contribution in [0.25, 0.3) is 0 Å². The Balaban J connectivity index is 4.58. The van der Waals surface area contributed by atoms with Gasteiger partial charge in [0, 0.05) is 13.5 Å². The van der Waals surface area contributed by atoms with Crippen molar-refractivity contribution in [1.82, 2.24) is 0 Å². The van der Waals surface area contributed by atoms with E-state index >= 15 is 0 Å². The highest BCUT2D eigenvalue weighted by Crippen LogP contribution is 2.11. The zero-order valence-corrected chi connectivity index (χ0v) is 6.49. The summed E-state index contributed by atoms with van der Waals surface area (Å²) in [6.45, 7) is 1.21. The molecule has 4 nitrogen and oxygen atoms in total. The van der Waals surface area contributed by atoms with Crippen molar-refractivity contribution in [3.05, 3.63) is 0 Å². The molecule has 0 spiro atoms. The topological polar surface area (TPSA) is 60.4 Å². The summed E-state index contributed by atoms with van der Waals surface area (Å²) in [6.07, 6.45) is 0.616. The van der Waals surface area contributed by atoms with E-state index in [4.69, 9.17) is 0 Å². The summed E-state index contributed by atoms with van der Waals surface area (Å²) >= 11 is 0. The summed E-state index contributed by atoms with van der Waals surface area (Å²) < 4.78 is 4.64. The van der Waals surface area contributed by atoms with Crippen molar-refractivity contribution >= 4 is 18.4 Å². The number of Topliss-reactive ketones (excluding diaryl/α,β-unsaturated/α-hetero) is 1. The predicted molar refractivity (Wildman–Crippen MR) is 37.2 cm³/mol. The number of ketones is 1. The molecule has 0 rings (SSSR count). The Morgan fingerprint density at radius 3 is 2.18 bits per heavy atom. The Labute approximate surface area is 64.5 Å². The number of hydrogen-bond donors (Lipinski definition) is 0. The highest BCUT2D eigenvalue weighted by atomic mass is 16.5. The molecule has 0 aliphatic rings. The molecule has 0 amide bonds. The average Bonchev–Trinajstić information content (AvgIpc) is 2.00. The minimum Gasteiger partial charge on any atom is -0.362 e. The van der Waals surface area contributed by atoms with Crippen LogP contribution < -0.4 is 0 Å². The fourth-order valence-electron chi connectivity index (χ4n) is 0.674. The summed E-state index contributed by atoms with van der Waals surface area (Å²) in [5, 5.41) is 0. The fourth-order valence-corrected chi connectivity index (χ4v) is 0.674. The van der Waals surface area contributed by atoms with Gasteiger partial charge in [-0.2, -0.15) is 0 Å². The number of carbonyl (C=O) groups excluding carboxylic acids is 3. The summed E-state index contributed by atoms with van der Waals surface area (Å²) in [6, 6.07) is 0. The van der Waals surface area contributed by atoms with Crippen LogP contribution in [0, 0.1) is 0 Å². The Bertz CT molecular complexity index is 175. The molecule has 0 bridgehead atoms. The lowest BCUT2D eigenvalue weighted by Crippen LogP contribution is -2.41. The van der Waals surface area contributed by atoms with Gasteiger partial charge in [-0.15, -0.1) is 0 Å². The van der Waals surface area contributed by atoms with Gasteiger partial charge >= 0.3 is 0 Å². The monoisotopic (exact) mass is 158 g/mol. The minimum absolute atomic E-state index is 0.220. The van der Waals surface area contributed by atoms with Crippen molar-refractivity contribution in [2.75, 3.05) is 7.11 Å². The van der Waals surface area contributed by atoms with Gasteiger partial charge in [-0.3, -0.25) is 9.59 Å². The van der Waals surface area contributed by atoms with Crippen LogP contribution >= 0.6 is 0 Å². The number of rotatable bonds is 5. The normalized spacial score (nSPS) is 15.1. The van der Waals surface area contributed by atoms with Gasteiger partial charge in [0.2, 0.25) is 0 Å². The lowest BCUT2D eigenvalue weighted by Gasteiger charge is -2.19. The average molecular weight is 158 g/mol. The molecule has 0 aromatic carbocycles. The molecular weight excluding hydrogens is 148 g/mol. The van der Waals surface area contributed by atoms with Gasteiger partial charge in [-0.1, -0.05) is 0 Å². The van der Waals surface area contributed by atoms with Crippen molar-refractivity contribution in [1.29, 1.82) is 0 Å². The number of aldehydes is 2. The van der Waals surface area contributed by atoms with Gasteiger partial charge in [0.1, 0.15) is 6.29 Å². The molecule has 0 saturated heterocycles. The molecule has 0 radical (unpaired) electrons. The Hall–Kier alpha value is -1.03. The molecule has 0 fully saturated rings. The van der Waals surface area contributed by atoms with E-state index in [1.165, 1.54) is 14.0 Å². The molecule has 0 aliphatic heterocycles. The van der Waals surface area contributed by atoms with E-state index in [9.17, 15) is 14.4 Å². The molecule has 0 N–H and O–H groups in total. The van der Waals surface area contributed by atoms with E-state index < -0.39 is 11.4 Å². The third-order valence-electron chi connectivity index (χ3n) is 1.54. The number of hydrogen-bond acceptors (Lipinski definition) is 4. The molecule has 0 saturated carbocycles. The van der Waals surface area contributed by atoms with Gasteiger partial charge < -0.3 is 9.53 Å². The van der Waals surface area contributed by atoms with Crippen LogP contribution in [-0.2, 0) is 19.1 Å². The Kier molecular flexibility index (Phi) is 3.60. The summed E-state index contributed by atoms with van der Waals surface area (Å²) in [7, 11) is 1.22. The second-order valence-electron chi connectivity index (χ2n) is 2.14. The SMILES string of the molecule is COC(C=O)(CC=O)C(C)=O. The molecule has 1 atom stereocenters. The highest BCUT2D eigenvalue weighted by molar-refractivity contribution is 6.02. The van der Waals surface area contributed by atoms with E-state index in [0.717, 1.165) is 0 Å². The smallest absolute Gasteiger partial charge is 0.187 e. The Morgan fingerprint density at radius 1 is 1.55 bits per heavy atom. The Morgan fingerprint density at radius 2 is 2.09 bits per heavy atom. The lowest BCUT2D eigenvalue weighted by atomic mass is 9.98. The fraction of sp³-hybridized carbons (Fsp3) is 0.571. The maximum atomic E-state index is 10.8. The van der Waals surface area contributed by atoms with Crippen LogP contribution in [-0.4, -0.2) is 31.1 Å². The molecule has 0 aromatic heterocycles. The van der Waals surface area contributed by atoms with E-state index in [-0.39, 0.29) is 6.42 Å². The van der Waals surface area contributed by atoms with Crippen molar-refractivity contribution in [3.8, 4) is 0 Å². The van der Waals surface area contributed by atoms with Crippen LogP contribution in [0.5, 0.6) is 0 Å². The van der Waals surface area contributed by atoms with E-state index in [1.54, 1.807) is 0 Å². The predicted octanol–water partition coefficient (Wildman–Crippen LogP) is -0.252. The quantitative estimate of drug-likeness (QED) is 0.409. The second-order valence-corrected chi connectivity index (χ2v) is 2.14. The summed E-state index contributed by atoms with van der Waals surface area (Å²) in [4.78, 5) is 31.2. The molecule has 0 aliphatic carbocycles. The lowest BCUT2D eigenvalue weighted by molar-refractivity contribution is -0.148. The molecule has 0 aromatic rings. The molecular formula is C7H10O4. The van der Waals surface area contributed by atoms with Crippen molar-refractivity contribution in [2.45, 2.75) is 18.9 Å². The van der Waals surface area contributed by atoms with Crippen LogP contribution in [0.1, 0.15) is 13.3 Å². The van der Waals surface area contributed by atoms with Gasteiger partial charge in [0.15, 0.2) is 17.7 Å². The van der Waals surface area contributed by atoms with Crippen LogP contribution in [0.15, 0.2) is 0 Å². The maximum Gasteiger partial charge on any atom is 0.187 e. The first kappa shape index (κ1) is 9.97. The highest BCUT2D eigenvalue weighted by Gasteiger charge is 2.34. The van der Waals surface area contributed by atoms with Gasteiger partial charge in [0.25, 0.3) is 0 Å². The summed E-state index contributed by atoms with van der Waals surface area (Å²) in [5.74, 6) is -0.456. The molecule has 11 heavy (non-hydrogen) atoms. The molecule has 62 valence electrons. The molecule has 1 unspecified atom stereocenters. The first-order chi connectivity index (χ1) is 5.13. The van der Waals surface area contributed by atoms with Crippen molar-refractivity contribution < 1.29 is 19.1 Å². The first-order valence-corrected chi connectivity index (χ1v) is 3.09. The second kappa shape index (κ2) is 3.98. The summed E-state index contributed by atoms with van der Waals surface area (Å²) in [5.41, 5.74) is -1.55. The van der Waals surface area contributed by atoms with Crippen LogP contribution in [0.2, 0.25) is 0 Å². The van der Waals surface area contributed by atoms with Crippen molar-refractivity contribution in [2.24, 2.45) is 0 Å². The van der Waals surface area contributed by atoms with Gasteiger partial charge in [0.05, 0.1) is 0 Å². The minimum atomic E-state index is -1.55. The van der Waals surface area contributed by atoms with E-state index in [1.807, 2.05) is 0 Å². The number of carbonyl (C=O) groups is 3. The van der Waals surface area contributed by atoms with Crippen LogP contribution in [0.3, 0.4) is 0 Å². The first-order valence-electron chi connectivity index (χ1n) is 3.09. The standard InChI is InChI=1S/C7H10O4/c1-6(10)7(5-9,11-2)3-4-8/h4-5H,3H2,1-2H3. The zero-order chi connectivity index (χ0) is 8.91. The number of methoxy groups -OCH3 is 1. The zero-order valence-electron chi connectivity index (χ0n) is 6.49.